The lowest BCUT2D eigenvalue weighted by Gasteiger charge is -2.26. The molecular formula is C17H30N2O. The number of ether oxygens (including phenoxy) is 1. The zero-order valence-electron chi connectivity index (χ0n) is 13.5. The van der Waals surface area contributed by atoms with Gasteiger partial charge in [0.15, 0.2) is 0 Å². The molecule has 1 aromatic heterocycles. The average molecular weight is 278 g/mol. The van der Waals surface area contributed by atoms with Gasteiger partial charge in [-0.2, -0.15) is 0 Å². The number of rotatable bonds is 10. The molecule has 1 rings (SSSR count). The van der Waals surface area contributed by atoms with E-state index in [1.165, 1.54) is 5.56 Å². The highest BCUT2D eigenvalue weighted by atomic mass is 16.5. The number of nitrogens with zero attached hydrogens (tertiary/aromatic N) is 1. The molecule has 0 aliphatic rings. The minimum Gasteiger partial charge on any atom is -0.380 e. The maximum absolute atomic E-state index is 5.68. The third-order valence-corrected chi connectivity index (χ3v) is 3.70. The van der Waals surface area contributed by atoms with Crippen molar-refractivity contribution in [2.75, 3.05) is 13.7 Å². The van der Waals surface area contributed by atoms with Crippen molar-refractivity contribution in [3.05, 3.63) is 29.6 Å². The van der Waals surface area contributed by atoms with E-state index in [2.05, 4.69) is 43.2 Å². The van der Waals surface area contributed by atoms with E-state index in [1.54, 1.807) is 0 Å². The average Bonchev–Trinajstić information content (AvgIpc) is 2.50. The third-order valence-electron chi connectivity index (χ3n) is 3.70. The Morgan fingerprint density at radius 3 is 2.50 bits per heavy atom. The van der Waals surface area contributed by atoms with Crippen LogP contribution in [-0.4, -0.2) is 30.8 Å². The van der Waals surface area contributed by atoms with Crippen LogP contribution >= 0.6 is 0 Å². The van der Waals surface area contributed by atoms with Crippen molar-refractivity contribution in [3.8, 4) is 0 Å². The van der Waals surface area contributed by atoms with Gasteiger partial charge in [0.2, 0.25) is 0 Å². The summed E-state index contributed by atoms with van der Waals surface area (Å²) in [6.07, 6.45) is 7.61. The lowest BCUT2D eigenvalue weighted by atomic mass is 10.0. The molecule has 0 aliphatic carbocycles. The van der Waals surface area contributed by atoms with Crippen molar-refractivity contribution in [3.63, 3.8) is 0 Å². The lowest BCUT2D eigenvalue weighted by Crippen LogP contribution is -2.43. The Balaban J connectivity index is 2.70. The predicted octanol–water partition coefficient (Wildman–Crippen LogP) is 3.37. The third kappa shape index (κ3) is 5.59. The minimum atomic E-state index is 0.263. The molecule has 0 aromatic carbocycles. The molecule has 0 bridgehead atoms. The first kappa shape index (κ1) is 17.1. The van der Waals surface area contributed by atoms with Gasteiger partial charge in [0.1, 0.15) is 0 Å². The first-order chi connectivity index (χ1) is 9.74. The molecule has 0 radical (unpaired) electrons. The number of hydrogen-bond acceptors (Lipinski definition) is 3. The molecule has 2 unspecified atom stereocenters. The molecular weight excluding hydrogens is 248 g/mol. The van der Waals surface area contributed by atoms with Crippen LogP contribution in [0.3, 0.4) is 0 Å². The number of aromatic nitrogens is 1. The summed E-state index contributed by atoms with van der Waals surface area (Å²) in [6, 6.07) is 4.68. The quantitative estimate of drug-likeness (QED) is 0.712. The van der Waals surface area contributed by atoms with Gasteiger partial charge in [-0.15, -0.1) is 0 Å². The molecule has 1 heterocycles. The Kier molecular flexibility index (Phi) is 8.47. The van der Waals surface area contributed by atoms with Gasteiger partial charge in [-0.3, -0.25) is 4.98 Å². The number of methoxy groups -OCH3 is 1. The minimum absolute atomic E-state index is 0.263. The highest BCUT2D eigenvalue weighted by molar-refractivity contribution is 5.15. The Hall–Kier alpha value is -0.930. The molecule has 0 amide bonds. The van der Waals surface area contributed by atoms with Crippen molar-refractivity contribution in [1.29, 1.82) is 0 Å². The SMILES string of the molecule is CCCNC(Cc1ccc(CC)cn1)C(CCC)OC. The largest absolute Gasteiger partial charge is 0.380 e. The van der Waals surface area contributed by atoms with Crippen LogP contribution in [0.25, 0.3) is 0 Å². The van der Waals surface area contributed by atoms with E-state index in [0.29, 0.717) is 6.04 Å². The second kappa shape index (κ2) is 9.89. The Bertz CT molecular complexity index is 351. The Morgan fingerprint density at radius 2 is 2.00 bits per heavy atom. The van der Waals surface area contributed by atoms with Gasteiger partial charge in [0.05, 0.1) is 6.10 Å². The standard InChI is InChI=1S/C17H30N2O/c1-5-8-17(20-4)16(18-11-6-2)12-15-10-9-14(7-3)13-19-15/h9-10,13,16-18H,5-8,11-12H2,1-4H3. The van der Waals surface area contributed by atoms with Gasteiger partial charge < -0.3 is 10.1 Å². The molecule has 2 atom stereocenters. The van der Waals surface area contributed by atoms with Crippen molar-refractivity contribution in [2.45, 2.75) is 65.0 Å². The van der Waals surface area contributed by atoms with E-state index in [-0.39, 0.29) is 6.10 Å². The van der Waals surface area contributed by atoms with Gasteiger partial charge in [-0.25, -0.2) is 0 Å². The molecule has 1 N–H and O–H groups in total. The van der Waals surface area contributed by atoms with Crippen molar-refractivity contribution >= 4 is 0 Å². The number of pyridine rings is 1. The lowest BCUT2D eigenvalue weighted by molar-refractivity contribution is 0.0606. The van der Waals surface area contributed by atoms with Crippen molar-refractivity contribution in [1.82, 2.24) is 10.3 Å². The summed E-state index contributed by atoms with van der Waals surface area (Å²) in [5, 5.41) is 3.62. The van der Waals surface area contributed by atoms with Crippen LogP contribution < -0.4 is 5.32 Å². The molecule has 0 spiro atoms. The van der Waals surface area contributed by atoms with Gasteiger partial charge in [-0.1, -0.05) is 33.3 Å². The first-order valence-corrected chi connectivity index (χ1v) is 7.95. The summed E-state index contributed by atoms with van der Waals surface area (Å²) in [7, 11) is 1.81. The summed E-state index contributed by atoms with van der Waals surface area (Å²) >= 11 is 0. The van der Waals surface area contributed by atoms with E-state index >= 15 is 0 Å². The van der Waals surface area contributed by atoms with E-state index in [9.17, 15) is 0 Å². The maximum Gasteiger partial charge on any atom is 0.0728 e. The topological polar surface area (TPSA) is 34.2 Å². The fraction of sp³-hybridized carbons (Fsp3) is 0.706. The number of aryl methyl sites for hydroxylation is 1. The molecule has 0 saturated heterocycles. The van der Waals surface area contributed by atoms with Crippen molar-refractivity contribution < 1.29 is 4.74 Å². The molecule has 20 heavy (non-hydrogen) atoms. The van der Waals surface area contributed by atoms with E-state index in [1.807, 2.05) is 13.3 Å². The monoisotopic (exact) mass is 278 g/mol. The van der Waals surface area contributed by atoms with Gasteiger partial charge in [0, 0.05) is 31.5 Å². The van der Waals surface area contributed by atoms with Crippen LogP contribution in [0.1, 0.15) is 51.3 Å². The van der Waals surface area contributed by atoms with Crippen LogP contribution in [-0.2, 0) is 17.6 Å². The zero-order valence-corrected chi connectivity index (χ0v) is 13.5. The second-order valence-electron chi connectivity index (χ2n) is 5.34. The maximum atomic E-state index is 5.68. The Labute approximate surface area is 124 Å². The smallest absolute Gasteiger partial charge is 0.0728 e. The Morgan fingerprint density at radius 1 is 1.20 bits per heavy atom. The molecule has 3 heteroatoms. The fourth-order valence-electron chi connectivity index (χ4n) is 2.44. The van der Waals surface area contributed by atoms with E-state index in [0.717, 1.165) is 44.3 Å². The highest BCUT2D eigenvalue weighted by Gasteiger charge is 2.20. The molecule has 0 saturated carbocycles. The normalized spacial score (nSPS) is 14.2. The van der Waals surface area contributed by atoms with Crippen LogP contribution in [0.5, 0.6) is 0 Å². The van der Waals surface area contributed by atoms with Crippen LogP contribution in [0, 0.1) is 0 Å². The van der Waals surface area contributed by atoms with Crippen LogP contribution in [0.15, 0.2) is 18.3 Å². The molecule has 1 aromatic rings. The summed E-state index contributed by atoms with van der Waals surface area (Å²) in [6.45, 7) is 7.59. The summed E-state index contributed by atoms with van der Waals surface area (Å²) in [4.78, 5) is 4.58. The van der Waals surface area contributed by atoms with Gasteiger partial charge >= 0.3 is 0 Å². The summed E-state index contributed by atoms with van der Waals surface area (Å²) < 4.78 is 5.68. The van der Waals surface area contributed by atoms with Crippen molar-refractivity contribution in [2.24, 2.45) is 0 Å². The van der Waals surface area contributed by atoms with Gasteiger partial charge in [0.25, 0.3) is 0 Å². The number of nitrogens with one attached hydrogen (secondary N) is 1. The molecule has 0 fully saturated rings. The molecule has 3 nitrogen and oxygen atoms in total. The van der Waals surface area contributed by atoms with Crippen LogP contribution in [0.4, 0.5) is 0 Å². The van der Waals surface area contributed by atoms with E-state index in [4.69, 9.17) is 4.74 Å². The predicted molar refractivity (Wildman–Crippen MR) is 85.1 cm³/mol. The second-order valence-corrected chi connectivity index (χ2v) is 5.34. The first-order valence-electron chi connectivity index (χ1n) is 7.95. The van der Waals surface area contributed by atoms with Crippen LogP contribution in [0.2, 0.25) is 0 Å². The number of hydrogen-bond donors (Lipinski definition) is 1. The summed E-state index contributed by atoms with van der Waals surface area (Å²) in [5.74, 6) is 0. The zero-order chi connectivity index (χ0) is 14.8. The molecule has 114 valence electrons. The fourth-order valence-corrected chi connectivity index (χ4v) is 2.44. The highest BCUT2D eigenvalue weighted by Crippen LogP contribution is 2.12. The summed E-state index contributed by atoms with van der Waals surface area (Å²) in [5.41, 5.74) is 2.44. The molecule has 0 aliphatic heterocycles. The van der Waals surface area contributed by atoms with E-state index < -0.39 is 0 Å². The van der Waals surface area contributed by atoms with Gasteiger partial charge in [-0.05, 0) is 37.4 Å².